The predicted octanol–water partition coefficient (Wildman–Crippen LogP) is 6.41. The van der Waals surface area contributed by atoms with Gasteiger partial charge in [0, 0.05) is 35.1 Å². The van der Waals surface area contributed by atoms with E-state index in [2.05, 4.69) is 98.6 Å². The molecule has 2 N–H and O–H groups in total. The van der Waals surface area contributed by atoms with Crippen LogP contribution in [0.2, 0.25) is 0 Å². The van der Waals surface area contributed by atoms with E-state index >= 15 is 0 Å². The number of aromatic amines is 2. The second-order valence-electron chi connectivity index (χ2n) is 11.9. The summed E-state index contributed by atoms with van der Waals surface area (Å²) in [6.45, 7) is 9.47. The molecule has 0 bridgehead atoms. The molecule has 2 saturated heterocycles. The van der Waals surface area contributed by atoms with Crippen molar-refractivity contribution >= 4 is 21.7 Å². The number of hydrogen-bond donors (Lipinski definition) is 2. The largest absolute Gasteiger partial charge is 0.492 e. The van der Waals surface area contributed by atoms with Crippen molar-refractivity contribution in [1.82, 2.24) is 35.2 Å². The van der Waals surface area contributed by atoms with Crippen LogP contribution in [0.15, 0.2) is 54.6 Å². The van der Waals surface area contributed by atoms with E-state index in [4.69, 9.17) is 9.72 Å². The predicted molar refractivity (Wildman–Crippen MR) is 164 cm³/mol. The lowest BCUT2D eigenvalue weighted by Crippen LogP contribution is -2.45. The first-order valence-electron chi connectivity index (χ1n) is 15.2. The van der Waals surface area contributed by atoms with Crippen LogP contribution in [-0.2, 0) is 6.54 Å². The van der Waals surface area contributed by atoms with Crippen molar-refractivity contribution in [2.45, 2.75) is 64.6 Å². The molecule has 5 aromatic rings. The van der Waals surface area contributed by atoms with Crippen molar-refractivity contribution < 1.29 is 4.74 Å². The van der Waals surface area contributed by atoms with Crippen LogP contribution in [0.5, 0.6) is 5.75 Å². The highest BCUT2D eigenvalue weighted by Gasteiger charge is 2.24. The summed E-state index contributed by atoms with van der Waals surface area (Å²) in [6, 6.07) is 20.4. The molecule has 2 aliphatic heterocycles. The van der Waals surface area contributed by atoms with Gasteiger partial charge >= 0.3 is 0 Å². The molecule has 212 valence electrons. The lowest BCUT2D eigenvalue weighted by molar-refractivity contribution is 0.0852. The molecular weight excluding hydrogens is 510 g/mol. The van der Waals surface area contributed by atoms with Gasteiger partial charge in [-0.3, -0.25) is 20.0 Å². The zero-order valence-electron chi connectivity index (χ0n) is 24.1. The van der Waals surface area contributed by atoms with Crippen molar-refractivity contribution in [2.75, 3.05) is 26.2 Å². The molecular formula is C33H39N7O. The molecule has 3 aromatic carbocycles. The number of nitrogens with zero attached hydrogens (tertiary/aromatic N) is 5. The lowest BCUT2D eigenvalue weighted by atomic mass is 9.98. The van der Waals surface area contributed by atoms with Crippen LogP contribution < -0.4 is 4.74 Å². The van der Waals surface area contributed by atoms with Crippen LogP contribution in [0.25, 0.3) is 44.3 Å². The summed E-state index contributed by atoms with van der Waals surface area (Å²) in [5.41, 5.74) is 3.99. The third kappa shape index (κ3) is 5.46. The van der Waals surface area contributed by atoms with Gasteiger partial charge in [0.25, 0.3) is 0 Å². The summed E-state index contributed by atoms with van der Waals surface area (Å²) in [7, 11) is 0. The fourth-order valence-electron chi connectivity index (χ4n) is 6.67. The quantitative estimate of drug-likeness (QED) is 0.233. The average molecular weight is 550 g/mol. The van der Waals surface area contributed by atoms with Gasteiger partial charge in [-0.2, -0.15) is 10.2 Å². The summed E-state index contributed by atoms with van der Waals surface area (Å²) in [5, 5.41) is 18.9. The number of piperidine rings is 1. The van der Waals surface area contributed by atoms with E-state index < -0.39 is 0 Å². The summed E-state index contributed by atoms with van der Waals surface area (Å²) in [5.74, 6) is 2.57. The van der Waals surface area contributed by atoms with Crippen molar-refractivity contribution in [1.29, 1.82) is 0 Å². The Hall–Kier alpha value is -3.75. The minimum Gasteiger partial charge on any atom is -0.492 e. The van der Waals surface area contributed by atoms with Gasteiger partial charge in [-0.1, -0.05) is 24.6 Å². The molecule has 0 amide bonds. The Morgan fingerprint density at radius 2 is 1.61 bits per heavy atom. The van der Waals surface area contributed by atoms with E-state index in [9.17, 15) is 0 Å². The fourth-order valence-corrected chi connectivity index (χ4v) is 6.67. The normalized spacial score (nSPS) is 20.3. The monoisotopic (exact) mass is 549 g/mol. The molecule has 2 aromatic heterocycles. The van der Waals surface area contributed by atoms with Crippen LogP contribution in [0.3, 0.4) is 0 Å². The molecule has 4 heterocycles. The number of H-pyrrole nitrogens is 2. The Morgan fingerprint density at radius 3 is 2.46 bits per heavy atom. The zero-order valence-corrected chi connectivity index (χ0v) is 24.1. The fraction of sp³-hybridized carbons (Fsp3) is 0.424. The molecule has 41 heavy (non-hydrogen) atoms. The number of likely N-dealkylation sites (tertiary alicyclic amines) is 2. The summed E-state index contributed by atoms with van der Waals surface area (Å²) < 4.78 is 6.19. The molecule has 8 heteroatoms. The Morgan fingerprint density at radius 1 is 0.829 bits per heavy atom. The van der Waals surface area contributed by atoms with E-state index in [1.165, 1.54) is 37.5 Å². The third-order valence-corrected chi connectivity index (χ3v) is 9.00. The molecule has 0 spiro atoms. The Balaban J connectivity index is 1.08. The zero-order chi connectivity index (χ0) is 27.8. The maximum absolute atomic E-state index is 6.19. The number of benzene rings is 3. The molecule has 0 unspecified atom stereocenters. The number of hydrogen-bond acceptors (Lipinski definition) is 6. The van der Waals surface area contributed by atoms with Crippen LogP contribution in [0.4, 0.5) is 0 Å². The van der Waals surface area contributed by atoms with E-state index in [-0.39, 0.29) is 0 Å². The minimum atomic E-state index is 0.638. The maximum atomic E-state index is 6.19. The highest BCUT2D eigenvalue weighted by molar-refractivity contribution is 5.97. The smallest absolute Gasteiger partial charge is 0.181 e. The summed E-state index contributed by atoms with van der Waals surface area (Å²) in [4.78, 5) is 9.80. The van der Waals surface area contributed by atoms with Crippen molar-refractivity contribution in [2.24, 2.45) is 0 Å². The molecule has 2 aliphatic rings. The van der Waals surface area contributed by atoms with E-state index in [0.717, 1.165) is 76.7 Å². The Labute approximate surface area is 241 Å². The van der Waals surface area contributed by atoms with Crippen molar-refractivity contribution in [3.63, 3.8) is 0 Å². The molecule has 0 saturated carbocycles. The van der Waals surface area contributed by atoms with Crippen LogP contribution in [0, 0.1) is 0 Å². The highest BCUT2D eigenvalue weighted by atomic mass is 16.5. The molecule has 2 fully saturated rings. The maximum Gasteiger partial charge on any atom is 0.181 e. The van der Waals surface area contributed by atoms with Gasteiger partial charge in [-0.05, 0) is 99.8 Å². The van der Waals surface area contributed by atoms with Gasteiger partial charge < -0.3 is 4.74 Å². The number of aromatic nitrogens is 5. The third-order valence-electron chi connectivity index (χ3n) is 9.00. The molecule has 8 nitrogen and oxygen atoms in total. The number of rotatable bonds is 8. The van der Waals surface area contributed by atoms with Crippen LogP contribution in [-0.4, -0.2) is 73.5 Å². The number of fused-ring (bicyclic) bond motifs is 2. The van der Waals surface area contributed by atoms with E-state index in [1.807, 2.05) is 0 Å². The minimum absolute atomic E-state index is 0.638. The Kier molecular flexibility index (Phi) is 7.19. The topological polar surface area (TPSA) is 86.0 Å². The van der Waals surface area contributed by atoms with Crippen LogP contribution in [0.1, 0.15) is 51.8 Å². The number of ether oxygens (including phenoxy) is 1. The van der Waals surface area contributed by atoms with Crippen LogP contribution >= 0.6 is 0 Å². The van der Waals surface area contributed by atoms with Gasteiger partial charge in [-0.25, -0.2) is 4.98 Å². The molecule has 0 radical (unpaired) electrons. The molecule has 0 aliphatic carbocycles. The van der Waals surface area contributed by atoms with Gasteiger partial charge in [0.15, 0.2) is 5.82 Å². The van der Waals surface area contributed by atoms with Gasteiger partial charge in [0.2, 0.25) is 0 Å². The highest BCUT2D eigenvalue weighted by Crippen LogP contribution is 2.32. The lowest BCUT2D eigenvalue weighted by Gasteiger charge is -2.38. The first-order chi connectivity index (χ1) is 20.1. The standard InChI is InChI=1S/C33H39N7O/c1-22-6-5-7-23(2)40(22)16-17-41-28-12-10-24-18-26(9-8-25(24)19-28)32-29-20-27(11-13-30(29)35-37-32)33-34-31(36-38-33)21-39-14-3-4-15-39/h8-13,18-20,22-23H,3-7,14-17,21H2,1-2H3,(H,35,37)(H,34,36,38)/t22-,23+. The average Bonchev–Trinajstić information content (AvgIpc) is 3.76. The van der Waals surface area contributed by atoms with Crippen molar-refractivity contribution in [3.8, 4) is 28.4 Å². The first kappa shape index (κ1) is 26.2. The van der Waals surface area contributed by atoms with E-state index in [0.29, 0.717) is 18.7 Å². The van der Waals surface area contributed by atoms with Crippen molar-refractivity contribution in [3.05, 3.63) is 60.4 Å². The SMILES string of the molecule is C[C@@H]1CCC[C@H](C)N1CCOc1ccc2cc(-c3n[nH]c4ccc(-c5n[nH]c(CN6CCCC6)n5)cc34)ccc2c1. The van der Waals surface area contributed by atoms with Gasteiger partial charge in [0.05, 0.1) is 17.8 Å². The molecule has 7 rings (SSSR count). The summed E-state index contributed by atoms with van der Waals surface area (Å²) >= 11 is 0. The van der Waals surface area contributed by atoms with E-state index in [1.54, 1.807) is 0 Å². The van der Waals surface area contributed by atoms with Gasteiger partial charge in [-0.15, -0.1) is 0 Å². The Bertz CT molecular complexity index is 1640. The number of nitrogens with one attached hydrogen (secondary N) is 2. The van der Waals surface area contributed by atoms with Gasteiger partial charge in [0.1, 0.15) is 18.2 Å². The second-order valence-corrected chi connectivity index (χ2v) is 11.9. The second kappa shape index (κ2) is 11.3. The summed E-state index contributed by atoms with van der Waals surface area (Å²) in [6.07, 6.45) is 6.44. The molecule has 2 atom stereocenters. The first-order valence-corrected chi connectivity index (χ1v) is 15.2.